The minimum Gasteiger partial charge on any atom is -0.497 e. The molecule has 1 saturated heterocycles. The minimum atomic E-state index is -0.604. The van der Waals surface area contributed by atoms with Crippen LogP contribution in [-0.4, -0.2) is 67.2 Å². The van der Waals surface area contributed by atoms with Gasteiger partial charge in [-0.25, -0.2) is 9.18 Å². The van der Waals surface area contributed by atoms with Crippen LogP contribution in [0.5, 0.6) is 5.75 Å². The normalized spacial score (nSPS) is 17.3. The van der Waals surface area contributed by atoms with Crippen LogP contribution < -0.4 is 15.0 Å². The number of amides is 1. The van der Waals surface area contributed by atoms with E-state index in [1.165, 1.54) is 18.2 Å². The van der Waals surface area contributed by atoms with E-state index >= 15 is 0 Å². The third kappa shape index (κ3) is 5.09. The lowest BCUT2D eigenvalue weighted by atomic mass is 10.1. The Morgan fingerprint density at radius 2 is 2.03 bits per heavy atom. The van der Waals surface area contributed by atoms with Gasteiger partial charge in [0.25, 0.3) is 0 Å². The number of hydrogen-bond acceptors (Lipinski definition) is 6. The average molecular weight is 483 g/mol. The van der Waals surface area contributed by atoms with Gasteiger partial charge < -0.3 is 24.7 Å². The summed E-state index contributed by atoms with van der Waals surface area (Å²) in [6.45, 7) is 7.95. The fourth-order valence-electron chi connectivity index (χ4n) is 4.55. The van der Waals surface area contributed by atoms with E-state index in [0.717, 1.165) is 18.0 Å². The molecule has 0 radical (unpaired) electrons. The summed E-state index contributed by atoms with van der Waals surface area (Å²) in [6, 6.07) is 11.8. The number of aromatic amines is 1. The van der Waals surface area contributed by atoms with Crippen LogP contribution in [0.25, 0.3) is 10.9 Å². The van der Waals surface area contributed by atoms with Gasteiger partial charge in [0.15, 0.2) is 0 Å². The van der Waals surface area contributed by atoms with Crippen molar-refractivity contribution in [3.63, 3.8) is 0 Å². The number of anilines is 2. The van der Waals surface area contributed by atoms with Gasteiger partial charge in [-0.1, -0.05) is 6.07 Å². The molecule has 4 rings (SSSR count). The molecule has 1 aromatic heterocycles. The molecule has 0 aliphatic carbocycles. The number of carbonyl (C=O) groups is 2. The number of piperazine rings is 1. The van der Waals surface area contributed by atoms with Crippen molar-refractivity contribution in [3.05, 3.63) is 54.0 Å². The zero-order chi connectivity index (χ0) is 25.1. The Kier molecular flexibility index (Phi) is 7.25. The molecular formula is C26H31FN4O4. The van der Waals surface area contributed by atoms with E-state index < -0.39 is 17.8 Å². The molecule has 0 unspecified atom stereocenters. The number of benzene rings is 2. The van der Waals surface area contributed by atoms with Gasteiger partial charge in [0, 0.05) is 48.3 Å². The molecule has 2 atom stereocenters. The number of nitrogens with zero attached hydrogens (tertiary/aromatic N) is 2. The number of fused-ring (bicyclic) bond motifs is 1. The third-order valence-electron chi connectivity index (χ3n) is 6.46. The summed E-state index contributed by atoms with van der Waals surface area (Å²) < 4.78 is 24.4. The van der Waals surface area contributed by atoms with E-state index in [2.05, 4.69) is 33.1 Å². The molecular weight excluding hydrogens is 451 g/mol. The molecule has 35 heavy (non-hydrogen) atoms. The molecule has 186 valence electrons. The van der Waals surface area contributed by atoms with Gasteiger partial charge in [-0.2, -0.15) is 0 Å². The Bertz CT molecular complexity index is 1230. The fraction of sp³-hybridized carbons (Fsp3) is 0.385. The van der Waals surface area contributed by atoms with E-state index in [4.69, 9.17) is 9.47 Å². The second kappa shape index (κ2) is 10.4. The first-order chi connectivity index (χ1) is 16.8. The molecule has 0 bridgehead atoms. The third-order valence-corrected chi connectivity index (χ3v) is 6.46. The standard InChI is InChI=1S/C26H31FN4O4/c1-5-35-26(33)24-23(21-13-18(27)9-10-22(21)28-24)29-25(32)17(3)30-11-12-31(16(2)15-30)19-7-6-8-20(14-19)34-4/h6-10,13-14,16-17,28H,5,11-12,15H2,1-4H3,(H,29,32)/t16-,17+/m1/s1. The predicted molar refractivity (Wildman–Crippen MR) is 134 cm³/mol. The van der Waals surface area contributed by atoms with E-state index in [1.807, 2.05) is 25.1 Å². The van der Waals surface area contributed by atoms with Crippen molar-refractivity contribution in [1.82, 2.24) is 9.88 Å². The highest BCUT2D eigenvalue weighted by Crippen LogP contribution is 2.30. The van der Waals surface area contributed by atoms with Crippen LogP contribution in [0, 0.1) is 5.82 Å². The summed E-state index contributed by atoms with van der Waals surface area (Å²) >= 11 is 0. The minimum absolute atomic E-state index is 0.101. The Balaban J connectivity index is 1.50. The maximum absolute atomic E-state index is 14.0. The van der Waals surface area contributed by atoms with Crippen LogP contribution in [0.1, 0.15) is 31.3 Å². The highest BCUT2D eigenvalue weighted by Gasteiger charge is 2.31. The number of halogens is 1. The maximum Gasteiger partial charge on any atom is 0.356 e. The van der Waals surface area contributed by atoms with Gasteiger partial charge in [0.2, 0.25) is 5.91 Å². The number of carbonyl (C=O) groups excluding carboxylic acids is 2. The van der Waals surface area contributed by atoms with Crippen molar-refractivity contribution in [1.29, 1.82) is 0 Å². The maximum atomic E-state index is 14.0. The van der Waals surface area contributed by atoms with E-state index in [0.29, 0.717) is 24.0 Å². The molecule has 1 fully saturated rings. The fourth-order valence-corrected chi connectivity index (χ4v) is 4.55. The van der Waals surface area contributed by atoms with Crippen LogP contribution in [0.3, 0.4) is 0 Å². The van der Waals surface area contributed by atoms with Crippen molar-refractivity contribution in [2.75, 3.05) is 43.6 Å². The van der Waals surface area contributed by atoms with E-state index in [9.17, 15) is 14.0 Å². The lowest BCUT2D eigenvalue weighted by Crippen LogP contribution is -2.56. The molecule has 2 N–H and O–H groups in total. The number of methoxy groups -OCH3 is 1. The first kappa shape index (κ1) is 24.5. The molecule has 1 amide bonds. The lowest BCUT2D eigenvalue weighted by Gasteiger charge is -2.43. The van der Waals surface area contributed by atoms with Crippen LogP contribution in [-0.2, 0) is 9.53 Å². The molecule has 0 saturated carbocycles. The summed E-state index contributed by atoms with van der Waals surface area (Å²) in [4.78, 5) is 33.1. The highest BCUT2D eigenvalue weighted by atomic mass is 19.1. The van der Waals surface area contributed by atoms with Crippen molar-refractivity contribution in [2.45, 2.75) is 32.9 Å². The number of hydrogen-bond donors (Lipinski definition) is 2. The van der Waals surface area contributed by atoms with Crippen molar-refractivity contribution >= 4 is 34.2 Å². The molecule has 8 nitrogen and oxygen atoms in total. The first-order valence-electron chi connectivity index (χ1n) is 11.8. The van der Waals surface area contributed by atoms with Gasteiger partial charge in [0.1, 0.15) is 17.3 Å². The predicted octanol–water partition coefficient (Wildman–Crippen LogP) is 4.03. The Morgan fingerprint density at radius 1 is 1.23 bits per heavy atom. The Hall–Kier alpha value is -3.59. The molecule has 2 aromatic carbocycles. The van der Waals surface area contributed by atoms with Gasteiger partial charge in [0.05, 0.1) is 25.4 Å². The lowest BCUT2D eigenvalue weighted by molar-refractivity contribution is -0.121. The van der Waals surface area contributed by atoms with Crippen LogP contribution in [0.2, 0.25) is 0 Å². The number of rotatable bonds is 7. The van der Waals surface area contributed by atoms with Crippen molar-refractivity contribution < 1.29 is 23.5 Å². The largest absolute Gasteiger partial charge is 0.497 e. The summed E-state index contributed by atoms with van der Waals surface area (Å²) in [5, 5.41) is 3.28. The molecule has 3 aromatic rings. The number of ether oxygens (including phenoxy) is 2. The van der Waals surface area contributed by atoms with Crippen LogP contribution in [0.4, 0.5) is 15.8 Å². The second-order valence-corrected chi connectivity index (χ2v) is 8.69. The van der Waals surface area contributed by atoms with Crippen LogP contribution >= 0.6 is 0 Å². The number of nitrogens with one attached hydrogen (secondary N) is 2. The number of aromatic nitrogens is 1. The quantitative estimate of drug-likeness (QED) is 0.495. The number of esters is 1. The average Bonchev–Trinajstić information content (AvgIpc) is 3.21. The topological polar surface area (TPSA) is 86.9 Å². The molecule has 0 spiro atoms. The first-order valence-corrected chi connectivity index (χ1v) is 11.8. The summed E-state index contributed by atoms with van der Waals surface area (Å²) in [5.41, 5.74) is 1.95. The van der Waals surface area contributed by atoms with Crippen LogP contribution in [0.15, 0.2) is 42.5 Å². The van der Waals surface area contributed by atoms with Crippen molar-refractivity contribution in [2.24, 2.45) is 0 Å². The van der Waals surface area contributed by atoms with Gasteiger partial charge >= 0.3 is 5.97 Å². The van der Waals surface area contributed by atoms with Gasteiger partial charge in [-0.15, -0.1) is 0 Å². The summed E-state index contributed by atoms with van der Waals surface area (Å²) in [7, 11) is 1.65. The molecule has 9 heteroatoms. The molecule has 2 heterocycles. The molecule has 1 aliphatic rings. The van der Waals surface area contributed by atoms with Gasteiger partial charge in [-0.05, 0) is 51.1 Å². The number of H-pyrrole nitrogens is 1. The molecule has 1 aliphatic heterocycles. The summed E-state index contributed by atoms with van der Waals surface area (Å²) in [5.74, 6) is -0.536. The Labute approximate surface area is 204 Å². The zero-order valence-corrected chi connectivity index (χ0v) is 20.4. The van der Waals surface area contributed by atoms with Gasteiger partial charge in [-0.3, -0.25) is 9.69 Å². The monoisotopic (exact) mass is 482 g/mol. The summed E-state index contributed by atoms with van der Waals surface area (Å²) in [6.07, 6.45) is 0. The van der Waals surface area contributed by atoms with E-state index in [1.54, 1.807) is 14.0 Å². The Morgan fingerprint density at radius 3 is 2.74 bits per heavy atom. The highest BCUT2D eigenvalue weighted by molar-refractivity contribution is 6.11. The van der Waals surface area contributed by atoms with Crippen molar-refractivity contribution in [3.8, 4) is 5.75 Å². The zero-order valence-electron chi connectivity index (χ0n) is 20.4. The second-order valence-electron chi connectivity index (χ2n) is 8.69. The van der Waals surface area contributed by atoms with E-state index in [-0.39, 0.29) is 29.9 Å². The SMILES string of the molecule is CCOC(=O)c1[nH]c2ccc(F)cc2c1NC(=O)[C@H](C)N1CCN(c2cccc(OC)c2)[C@H](C)C1. The smallest absolute Gasteiger partial charge is 0.356 e.